The third kappa shape index (κ3) is 3.83. The lowest BCUT2D eigenvalue weighted by Crippen LogP contribution is -2.29. The molecule has 0 radical (unpaired) electrons. The second kappa shape index (κ2) is 9.91. The van der Waals surface area contributed by atoms with Crippen molar-refractivity contribution in [3.8, 4) is 5.69 Å². The van der Waals surface area contributed by atoms with E-state index in [1.54, 1.807) is 18.2 Å². The largest absolute Gasteiger partial charge is 0.333 e. The van der Waals surface area contributed by atoms with E-state index < -0.39 is 0 Å². The van der Waals surface area contributed by atoms with Crippen LogP contribution in [0.4, 0.5) is 20.2 Å². The molecular weight excluding hydrogens is 584 g/mol. The minimum atomic E-state index is -0.234. The zero-order chi connectivity index (χ0) is 31.2. The van der Waals surface area contributed by atoms with Crippen molar-refractivity contribution in [1.82, 2.24) is 9.13 Å². The van der Waals surface area contributed by atoms with Gasteiger partial charge in [-0.1, -0.05) is 66.7 Å². The van der Waals surface area contributed by atoms with E-state index in [0.29, 0.717) is 12.8 Å². The molecule has 0 fully saturated rings. The average molecular weight is 614 g/mol. The van der Waals surface area contributed by atoms with Crippen LogP contribution in [-0.2, 0) is 6.42 Å². The highest BCUT2D eigenvalue weighted by Crippen LogP contribution is 2.50. The lowest BCUT2D eigenvalue weighted by atomic mass is 9.89. The van der Waals surface area contributed by atoms with Gasteiger partial charge in [0.1, 0.15) is 11.6 Å². The molecule has 1 aliphatic heterocycles. The van der Waals surface area contributed by atoms with Crippen molar-refractivity contribution in [3.05, 3.63) is 162 Å². The van der Waals surface area contributed by atoms with Crippen LogP contribution in [0.25, 0.3) is 50.2 Å². The van der Waals surface area contributed by atoms with E-state index in [9.17, 15) is 8.78 Å². The predicted octanol–water partition coefficient (Wildman–Crippen LogP) is 10.8. The third-order valence-electron chi connectivity index (χ3n) is 10.2. The van der Waals surface area contributed by atoms with Gasteiger partial charge >= 0.3 is 0 Å². The van der Waals surface area contributed by atoms with Crippen LogP contribution in [0.3, 0.4) is 0 Å². The Balaban J connectivity index is 1.19. The van der Waals surface area contributed by atoms with E-state index in [1.165, 1.54) is 11.3 Å². The normalized spacial score (nSPS) is 18.4. The summed E-state index contributed by atoms with van der Waals surface area (Å²) in [5.74, 6) is -0.227. The number of nitrogens with zero attached hydrogens (tertiary/aromatic N) is 3. The first-order valence-corrected chi connectivity index (χ1v) is 16.2. The molecule has 0 amide bonds. The van der Waals surface area contributed by atoms with Crippen LogP contribution in [0.15, 0.2) is 139 Å². The fourth-order valence-corrected chi connectivity index (χ4v) is 8.26. The Bertz CT molecular complexity index is 2510. The standard InChI is InChI=1S/C42H29F2N3/c43-26-14-18-39-33(22-26)31-10-4-6-12-37(31)46(39)29-16-20-41-35(24-29)36-25-30(17-21-42(36)45(41)28-8-2-1-3-9-28)47-38-13-7-5-11-32(38)34-23-27(44)15-19-40(34)47/h1-14,16-18,20-25,35,41H,15,19H2. The summed E-state index contributed by atoms with van der Waals surface area (Å²) in [7, 11) is 0. The van der Waals surface area contributed by atoms with Gasteiger partial charge in [0.15, 0.2) is 0 Å². The molecule has 2 atom stereocenters. The first-order valence-electron chi connectivity index (χ1n) is 16.2. The Labute approximate surface area is 270 Å². The molecule has 0 bridgehead atoms. The lowest BCUT2D eigenvalue weighted by Gasteiger charge is -2.30. The number of benzene rings is 5. The number of hydrogen-bond donors (Lipinski definition) is 0. The molecule has 2 aliphatic carbocycles. The number of anilines is 2. The molecule has 2 aromatic heterocycles. The second-order valence-corrected chi connectivity index (χ2v) is 12.7. The number of rotatable bonds is 3. The van der Waals surface area contributed by atoms with Gasteiger partial charge in [-0.05, 0) is 84.8 Å². The van der Waals surface area contributed by atoms with Crippen molar-refractivity contribution in [2.75, 3.05) is 4.90 Å². The Morgan fingerprint density at radius 2 is 1.36 bits per heavy atom. The summed E-state index contributed by atoms with van der Waals surface area (Å²) in [5, 5.41) is 3.02. The van der Waals surface area contributed by atoms with Crippen molar-refractivity contribution < 1.29 is 8.78 Å². The van der Waals surface area contributed by atoms with Crippen LogP contribution in [0, 0.1) is 5.82 Å². The van der Waals surface area contributed by atoms with Crippen LogP contribution in [-0.4, -0.2) is 15.2 Å². The maximum Gasteiger partial charge on any atom is 0.123 e. The van der Waals surface area contributed by atoms with Gasteiger partial charge < -0.3 is 14.0 Å². The van der Waals surface area contributed by atoms with Crippen LogP contribution >= 0.6 is 0 Å². The molecular formula is C42H29F2N3. The summed E-state index contributed by atoms with van der Waals surface area (Å²) in [4.78, 5) is 2.44. The molecule has 0 saturated heterocycles. The summed E-state index contributed by atoms with van der Waals surface area (Å²) in [6.07, 6.45) is 9.71. The quantitative estimate of drug-likeness (QED) is 0.193. The highest BCUT2D eigenvalue weighted by atomic mass is 19.1. The monoisotopic (exact) mass is 613 g/mol. The van der Waals surface area contributed by atoms with Crippen molar-refractivity contribution >= 4 is 55.9 Å². The molecule has 5 aromatic carbocycles. The van der Waals surface area contributed by atoms with Gasteiger partial charge in [-0.25, -0.2) is 8.78 Å². The van der Waals surface area contributed by atoms with Crippen molar-refractivity contribution in [2.24, 2.45) is 0 Å². The topological polar surface area (TPSA) is 13.1 Å². The number of fused-ring (bicyclic) bond motifs is 9. The Morgan fingerprint density at radius 3 is 2.21 bits per heavy atom. The summed E-state index contributed by atoms with van der Waals surface area (Å²) >= 11 is 0. The van der Waals surface area contributed by atoms with Gasteiger partial charge in [0.2, 0.25) is 0 Å². The number of hydrogen-bond acceptors (Lipinski definition) is 1. The van der Waals surface area contributed by atoms with E-state index in [-0.39, 0.29) is 23.6 Å². The minimum absolute atomic E-state index is 0.0600. The molecule has 10 rings (SSSR count). The fourth-order valence-electron chi connectivity index (χ4n) is 8.26. The van der Waals surface area contributed by atoms with Crippen LogP contribution in [0.5, 0.6) is 0 Å². The number of halogens is 2. The molecule has 5 heteroatoms. The van der Waals surface area contributed by atoms with E-state index in [0.717, 1.165) is 61.0 Å². The van der Waals surface area contributed by atoms with Crippen molar-refractivity contribution in [3.63, 3.8) is 0 Å². The number of para-hydroxylation sites is 3. The molecule has 0 saturated carbocycles. The zero-order valence-corrected chi connectivity index (χ0v) is 25.4. The average Bonchev–Trinajstić information content (AvgIpc) is 3.73. The van der Waals surface area contributed by atoms with Crippen molar-refractivity contribution in [2.45, 2.75) is 24.8 Å². The van der Waals surface area contributed by atoms with E-state index in [2.05, 4.69) is 111 Å². The number of allylic oxidation sites excluding steroid dienone is 3. The van der Waals surface area contributed by atoms with Crippen LogP contribution in [0.2, 0.25) is 0 Å². The highest BCUT2D eigenvalue weighted by Gasteiger charge is 2.39. The van der Waals surface area contributed by atoms with Gasteiger partial charge in [0, 0.05) is 62.5 Å². The summed E-state index contributed by atoms with van der Waals surface area (Å²) in [6.45, 7) is 0. The van der Waals surface area contributed by atoms with Gasteiger partial charge in [-0.3, -0.25) is 0 Å². The summed E-state index contributed by atoms with van der Waals surface area (Å²) < 4.78 is 33.6. The third-order valence-corrected chi connectivity index (χ3v) is 10.2. The maximum absolute atomic E-state index is 14.6. The Kier molecular flexibility index (Phi) is 5.59. The molecule has 226 valence electrons. The lowest BCUT2D eigenvalue weighted by molar-refractivity contribution is 0.586. The molecule has 0 N–H and O–H groups in total. The van der Waals surface area contributed by atoms with E-state index in [1.807, 2.05) is 24.3 Å². The molecule has 2 unspecified atom stereocenters. The highest BCUT2D eigenvalue weighted by molar-refractivity contribution is 6.10. The first-order chi connectivity index (χ1) is 23.1. The van der Waals surface area contributed by atoms with Crippen molar-refractivity contribution in [1.29, 1.82) is 0 Å². The van der Waals surface area contributed by atoms with Crippen LogP contribution < -0.4 is 4.90 Å². The molecule has 3 heterocycles. The first kappa shape index (κ1) is 26.5. The Hall–Kier alpha value is -5.68. The van der Waals surface area contributed by atoms with Gasteiger partial charge in [-0.2, -0.15) is 0 Å². The minimum Gasteiger partial charge on any atom is -0.333 e. The van der Waals surface area contributed by atoms with E-state index in [4.69, 9.17) is 0 Å². The second-order valence-electron chi connectivity index (χ2n) is 12.7. The van der Waals surface area contributed by atoms with Crippen LogP contribution in [0.1, 0.15) is 29.2 Å². The molecule has 7 aromatic rings. The van der Waals surface area contributed by atoms with Gasteiger partial charge in [0.25, 0.3) is 0 Å². The Morgan fingerprint density at radius 1 is 0.617 bits per heavy atom. The SMILES string of the molecule is FC1=Cc2c(n(-c3ccc4c(c3)C3C=C(n5c6ccccc6c6cc(F)ccc65)C=CC3N4c3ccccc3)c3ccccc23)CC1. The zero-order valence-electron chi connectivity index (χ0n) is 25.4. The predicted molar refractivity (Wildman–Crippen MR) is 189 cm³/mol. The summed E-state index contributed by atoms with van der Waals surface area (Å²) in [6, 6.07) is 39.1. The smallest absolute Gasteiger partial charge is 0.123 e. The fraction of sp³-hybridized carbons (Fsp3) is 0.0952. The van der Waals surface area contributed by atoms with Gasteiger partial charge in [-0.15, -0.1) is 0 Å². The van der Waals surface area contributed by atoms with Gasteiger partial charge in [0.05, 0.1) is 22.6 Å². The molecule has 47 heavy (non-hydrogen) atoms. The molecule has 3 aliphatic rings. The number of aromatic nitrogens is 2. The maximum atomic E-state index is 14.6. The van der Waals surface area contributed by atoms with E-state index >= 15 is 0 Å². The molecule has 3 nitrogen and oxygen atoms in total. The summed E-state index contributed by atoms with van der Waals surface area (Å²) in [5.41, 5.74) is 11.0. The molecule has 0 spiro atoms.